The maximum Gasteiger partial charge on any atom is 0.275 e. The summed E-state index contributed by atoms with van der Waals surface area (Å²) in [5.41, 5.74) is 2.56. The van der Waals surface area contributed by atoms with Gasteiger partial charge < -0.3 is 9.64 Å². The van der Waals surface area contributed by atoms with Crippen molar-refractivity contribution in [3.63, 3.8) is 0 Å². The molecule has 1 aromatic carbocycles. The van der Waals surface area contributed by atoms with Crippen molar-refractivity contribution in [1.29, 1.82) is 0 Å². The van der Waals surface area contributed by atoms with Crippen LogP contribution < -0.4 is 0 Å². The maximum absolute atomic E-state index is 12.9. The van der Waals surface area contributed by atoms with Gasteiger partial charge in [-0.2, -0.15) is 5.10 Å². The smallest absolute Gasteiger partial charge is 0.275 e. The molecule has 1 aromatic heterocycles. The van der Waals surface area contributed by atoms with Crippen LogP contribution in [0.2, 0.25) is 0 Å². The lowest BCUT2D eigenvalue weighted by molar-refractivity contribution is -0.0261. The maximum atomic E-state index is 12.9. The summed E-state index contributed by atoms with van der Waals surface area (Å²) in [6.45, 7) is 8.42. The Morgan fingerprint density at radius 1 is 1.46 bits per heavy atom. The number of H-pyrrole nitrogens is 1. The molecule has 0 spiro atoms. The number of amides is 1. The molecule has 1 amide bonds. The number of aryl methyl sites for hydroxylation is 1. The molecule has 0 saturated carbocycles. The number of fused-ring (bicyclic) bond motifs is 1. The van der Waals surface area contributed by atoms with E-state index in [0.29, 0.717) is 31.3 Å². The third kappa shape index (κ3) is 3.78. The Labute approximate surface area is 143 Å². The average Bonchev–Trinajstić information content (AvgIpc) is 2.97. The second kappa shape index (κ2) is 7.34. The Morgan fingerprint density at radius 3 is 3.08 bits per heavy atom. The van der Waals surface area contributed by atoms with Crippen LogP contribution in [0.5, 0.6) is 0 Å². The van der Waals surface area contributed by atoms with Gasteiger partial charge in [-0.3, -0.25) is 9.89 Å². The molecule has 0 aliphatic carbocycles. The zero-order chi connectivity index (χ0) is 17.1. The van der Waals surface area contributed by atoms with Crippen molar-refractivity contribution < 1.29 is 9.53 Å². The van der Waals surface area contributed by atoms with Crippen molar-refractivity contribution in [2.75, 3.05) is 19.7 Å². The molecule has 1 fully saturated rings. The third-order valence-electron chi connectivity index (χ3n) is 4.65. The molecular weight excluding hydrogens is 302 g/mol. The minimum absolute atomic E-state index is 0.00371. The molecule has 5 nitrogen and oxygen atoms in total. The van der Waals surface area contributed by atoms with E-state index in [9.17, 15) is 4.79 Å². The van der Waals surface area contributed by atoms with Crippen LogP contribution in [-0.2, 0) is 4.74 Å². The van der Waals surface area contributed by atoms with E-state index < -0.39 is 0 Å². The molecular formula is C19H27N3O2. The lowest BCUT2D eigenvalue weighted by atomic mass is 10.0. The number of aromatic nitrogens is 2. The first kappa shape index (κ1) is 17.0. The van der Waals surface area contributed by atoms with Gasteiger partial charge in [0.2, 0.25) is 0 Å². The number of carbonyl (C=O) groups is 1. The topological polar surface area (TPSA) is 58.2 Å². The number of rotatable bonds is 5. The molecule has 1 unspecified atom stereocenters. The predicted octanol–water partition coefficient (Wildman–Crippen LogP) is 3.54. The van der Waals surface area contributed by atoms with Crippen molar-refractivity contribution in [2.45, 2.75) is 46.1 Å². The van der Waals surface area contributed by atoms with Crippen molar-refractivity contribution in [2.24, 2.45) is 5.92 Å². The SMILES string of the molecule is Cc1ccc2[nH]nc(C(=O)N3CCOC(CCCC(C)C)C3)c2c1. The van der Waals surface area contributed by atoms with Crippen LogP contribution in [0, 0.1) is 12.8 Å². The molecule has 5 heteroatoms. The number of aromatic amines is 1. The molecule has 1 aliphatic heterocycles. The van der Waals surface area contributed by atoms with E-state index in [1.807, 2.05) is 30.0 Å². The number of ether oxygens (including phenoxy) is 1. The molecule has 130 valence electrons. The lowest BCUT2D eigenvalue weighted by Crippen LogP contribution is -2.45. The number of benzene rings is 1. The molecule has 24 heavy (non-hydrogen) atoms. The van der Waals surface area contributed by atoms with Crippen LogP contribution in [0.25, 0.3) is 10.9 Å². The Balaban J connectivity index is 1.68. The summed E-state index contributed by atoms with van der Waals surface area (Å²) >= 11 is 0. The lowest BCUT2D eigenvalue weighted by Gasteiger charge is -2.32. The third-order valence-corrected chi connectivity index (χ3v) is 4.65. The quantitative estimate of drug-likeness (QED) is 0.913. The second-order valence-corrected chi connectivity index (χ2v) is 7.19. The van der Waals surface area contributed by atoms with Crippen LogP contribution >= 0.6 is 0 Å². The number of hydrogen-bond donors (Lipinski definition) is 1. The summed E-state index contributed by atoms with van der Waals surface area (Å²) in [7, 11) is 0. The first-order valence-corrected chi connectivity index (χ1v) is 8.90. The minimum Gasteiger partial charge on any atom is -0.375 e. The number of morpholine rings is 1. The van der Waals surface area contributed by atoms with Crippen LogP contribution in [0.15, 0.2) is 18.2 Å². The van der Waals surface area contributed by atoms with Gasteiger partial charge in [0.05, 0.1) is 18.2 Å². The highest BCUT2D eigenvalue weighted by molar-refractivity contribution is 6.04. The summed E-state index contributed by atoms with van der Waals surface area (Å²) in [6.07, 6.45) is 3.52. The van der Waals surface area contributed by atoms with Crippen molar-refractivity contribution in [1.82, 2.24) is 15.1 Å². The zero-order valence-corrected chi connectivity index (χ0v) is 14.8. The van der Waals surface area contributed by atoms with Gasteiger partial charge in [0.25, 0.3) is 5.91 Å². The summed E-state index contributed by atoms with van der Waals surface area (Å²) < 4.78 is 5.84. The first-order chi connectivity index (χ1) is 11.5. The Morgan fingerprint density at radius 2 is 2.29 bits per heavy atom. The van der Waals surface area contributed by atoms with E-state index >= 15 is 0 Å². The second-order valence-electron chi connectivity index (χ2n) is 7.19. The molecule has 0 bridgehead atoms. The monoisotopic (exact) mass is 329 g/mol. The van der Waals surface area contributed by atoms with Crippen molar-refractivity contribution in [3.8, 4) is 0 Å². The van der Waals surface area contributed by atoms with E-state index in [1.54, 1.807) is 0 Å². The standard InChI is InChI=1S/C19H27N3O2/c1-13(2)5-4-6-15-12-22(9-10-24-15)19(23)18-16-11-14(3)7-8-17(16)20-21-18/h7-8,11,13,15H,4-6,9-10,12H2,1-3H3,(H,20,21). The van der Waals surface area contributed by atoms with E-state index in [2.05, 4.69) is 24.0 Å². The number of hydrogen-bond acceptors (Lipinski definition) is 3. The van der Waals surface area contributed by atoms with Crippen molar-refractivity contribution in [3.05, 3.63) is 29.5 Å². The molecule has 3 rings (SSSR count). The van der Waals surface area contributed by atoms with Gasteiger partial charge in [-0.25, -0.2) is 0 Å². The molecule has 2 heterocycles. The summed E-state index contributed by atoms with van der Waals surface area (Å²) in [5, 5.41) is 8.13. The zero-order valence-electron chi connectivity index (χ0n) is 14.8. The van der Waals surface area contributed by atoms with Crippen molar-refractivity contribution >= 4 is 16.8 Å². The average molecular weight is 329 g/mol. The van der Waals surface area contributed by atoms with Crippen LogP contribution in [0.3, 0.4) is 0 Å². The highest BCUT2D eigenvalue weighted by Gasteiger charge is 2.27. The summed E-state index contributed by atoms with van der Waals surface area (Å²) in [6, 6.07) is 6.02. The van der Waals surface area contributed by atoms with Crippen LogP contribution in [-0.4, -0.2) is 46.8 Å². The van der Waals surface area contributed by atoms with E-state index in [4.69, 9.17) is 4.74 Å². The van der Waals surface area contributed by atoms with Gasteiger partial charge in [-0.15, -0.1) is 0 Å². The Bertz CT molecular complexity index is 708. The Hall–Kier alpha value is -1.88. The van der Waals surface area contributed by atoms with Gasteiger partial charge >= 0.3 is 0 Å². The Kier molecular flexibility index (Phi) is 5.19. The highest BCUT2D eigenvalue weighted by atomic mass is 16.5. The van der Waals surface area contributed by atoms with Gasteiger partial charge in [-0.05, 0) is 31.4 Å². The number of nitrogens with one attached hydrogen (secondary N) is 1. The van der Waals surface area contributed by atoms with E-state index in [1.165, 1.54) is 6.42 Å². The molecule has 1 N–H and O–H groups in total. The minimum atomic E-state index is 0.00371. The molecule has 1 aliphatic rings. The van der Waals surface area contributed by atoms with Gasteiger partial charge in [0, 0.05) is 18.5 Å². The molecule has 0 radical (unpaired) electrons. The normalized spacial score (nSPS) is 18.5. The predicted molar refractivity (Wildman–Crippen MR) is 95.2 cm³/mol. The largest absolute Gasteiger partial charge is 0.375 e. The number of nitrogens with zero attached hydrogens (tertiary/aromatic N) is 2. The van der Waals surface area contributed by atoms with Gasteiger partial charge in [-0.1, -0.05) is 38.3 Å². The van der Waals surface area contributed by atoms with Gasteiger partial charge in [0.1, 0.15) is 0 Å². The highest BCUT2D eigenvalue weighted by Crippen LogP contribution is 2.21. The number of carbonyl (C=O) groups excluding carboxylic acids is 1. The van der Waals surface area contributed by atoms with E-state index in [-0.39, 0.29) is 12.0 Å². The fraction of sp³-hybridized carbons (Fsp3) is 0.579. The summed E-state index contributed by atoms with van der Waals surface area (Å²) in [5.74, 6) is 0.717. The molecule has 2 aromatic rings. The van der Waals surface area contributed by atoms with E-state index in [0.717, 1.165) is 29.3 Å². The molecule has 1 saturated heterocycles. The van der Waals surface area contributed by atoms with Gasteiger partial charge in [0.15, 0.2) is 5.69 Å². The molecule has 1 atom stereocenters. The van der Waals surface area contributed by atoms with Crippen LogP contribution in [0.4, 0.5) is 0 Å². The summed E-state index contributed by atoms with van der Waals surface area (Å²) in [4.78, 5) is 14.8. The fourth-order valence-electron chi connectivity index (χ4n) is 3.27. The van der Waals surface area contributed by atoms with Crippen LogP contribution in [0.1, 0.15) is 49.2 Å². The fourth-order valence-corrected chi connectivity index (χ4v) is 3.27. The first-order valence-electron chi connectivity index (χ1n) is 8.90.